The molecule has 0 unspecified atom stereocenters. The minimum Gasteiger partial charge on any atom is -0.328 e. The Kier molecular flexibility index (Phi) is 2.71. The third-order valence-corrected chi connectivity index (χ3v) is 2.45. The smallest absolute Gasteiger partial charge is 0.256 e. The number of imidazole rings is 1. The summed E-state index contributed by atoms with van der Waals surface area (Å²) < 4.78 is 51.6. The maximum Gasteiger partial charge on any atom is 0.256 e. The van der Waals surface area contributed by atoms with Crippen molar-refractivity contribution < 1.29 is 17.6 Å². The zero-order valence-electron chi connectivity index (χ0n) is 7.81. The number of nitrogens with zero attached hydrogens (tertiary/aromatic N) is 1. The molecule has 1 aromatic carbocycles. The van der Waals surface area contributed by atoms with Crippen LogP contribution in [0.25, 0.3) is 11.0 Å². The Morgan fingerprint density at radius 1 is 1.31 bits per heavy atom. The standard InChI is InChI=1S/C9H6F4N2S/c10-4-1-5(11)8-6(2-4)15(3-7(12)13)9(16)14-8/h1-2,7H,3H2,(H,14,16). The quantitative estimate of drug-likeness (QED) is 0.641. The summed E-state index contributed by atoms with van der Waals surface area (Å²) in [5, 5.41) is 0. The van der Waals surface area contributed by atoms with Gasteiger partial charge in [-0.2, -0.15) is 0 Å². The van der Waals surface area contributed by atoms with Crippen molar-refractivity contribution in [1.29, 1.82) is 0 Å². The number of aromatic nitrogens is 2. The van der Waals surface area contributed by atoms with Gasteiger partial charge in [-0.15, -0.1) is 0 Å². The van der Waals surface area contributed by atoms with Crippen molar-refractivity contribution in [3.63, 3.8) is 0 Å². The van der Waals surface area contributed by atoms with Crippen molar-refractivity contribution in [1.82, 2.24) is 9.55 Å². The van der Waals surface area contributed by atoms with E-state index in [1.807, 2.05) is 0 Å². The average Bonchev–Trinajstić information content (AvgIpc) is 2.45. The molecule has 0 saturated heterocycles. The van der Waals surface area contributed by atoms with Crippen LogP contribution in [-0.4, -0.2) is 16.0 Å². The lowest BCUT2D eigenvalue weighted by molar-refractivity contribution is 0.127. The van der Waals surface area contributed by atoms with E-state index < -0.39 is 24.6 Å². The highest BCUT2D eigenvalue weighted by Gasteiger charge is 2.13. The highest BCUT2D eigenvalue weighted by atomic mass is 32.1. The number of aromatic amines is 1. The highest BCUT2D eigenvalue weighted by Crippen LogP contribution is 2.20. The van der Waals surface area contributed by atoms with Gasteiger partial charge in [0.05, 0.1) is 12.1 Å². The monoisotopic (exact) mass is 250 g/mol. The Morgan fingerprint density at radius 2 is 2.00 bits per heavy atom. The van der Waals surface area contributed by atoms with Gasteiger partial charge in [0.25, 0.3) is 6.43 Å². The van der Waals surface area contributed by atoms with Gasteiger partial charge in [0.1, 0.15) is 11.3 Å². The lowest BCUT2D eigenvalue weighted by atomic mass is 10.3. The fourth-order valence-electron chi connectivity index (χ4n) is 1.50. The lowest BCUT2D eigenvalue weighted by Crippen LogP contribution is -2.06. The molecule has 0 spiro atoms. The van der Waals surface area contributed by atoms with Crippen LogP contribution in [-0.2, 0) is 6.54 Å². The molecule has 0 atom stereocenters. The van der Waals surface area contributed by atoms with Crippen LogP contribution in [0.5, 0.6) is 0 Å². The first-order valence-corrected chi connectivity index (χ1v) is 4.75. The summed E-state index contributed by atoms with van der Waals surface area (Å²) >= 11 is 4.76. The first kappa shape index (κ1) is 11.1. The third-order valence-electron chi connectivity index (χ3n) is 2.12. The normalized spacial score (nSPS) is 11.6. The van der Waals surface area contributed by atoms with Gasteiger partial charge in [0.2, 0.25) is 0 Å². The first-order valence-electron chi connectivity index (χ1n) is 4.34. The fraction of sp³-hybridized carbons (Fsp3) is 0.222. The summed E-state index contributed by atoms with van der Waals surface area (Å²) in [4.78, 5) is 2.43. The molecule has 0 aliphatic rings. The number of halogens is 4. The molecular formula is C9H6F4N2S. The molecule has 0 saturated carbocycles. The summed E-state index contributed by atoms with van der Waals surface area (Å²) in [6.07, 6.45) is -2.64. The van der Waals surface area contributed by atoms with Gasteiger partial charge < -0.3 is 9.55 Å². The fourth-order valence-corrected chi connectivity index (χ4v) is 1.77. The zero-order chi connectivity index (χ0) is 11.9. The second kappa shape index (κ2) is 3.89. The Labute approximate surface area is 92.5 Å². The number of hydrogen-bond acceptors (Lipinski definition) is 1. The van der Waals surface area contributed by atoms with Crippen LogP contribution in [0.2, 0.25) is 0 Å². The van der Waals surface area contributed by atoms with Crippen molar-refractivity contribution in [3.05, 3.63) is 28.5 Å². The molecule has 1 N–H and O–H groups in total. The summed E-state index contributed by atoms with van der Waals surface area (Å²) in [6.45, 7) is -0.693. The highest BCUT2D eigenvalue weighted by molar-refractivity contribution is 7.71. The van der Waals surface area contributed by atoms with E-state index >= 15 is 0 Å². The molecule has 16 heavy (non-hydrogen) atoms. The molecule has 86 valence electrons. The summed E-state index contributed by atoms with van der Waals surface area (Å²) in [5.41, 5.74) is -0.0603. The van der Waals surface area contributed by atoms with E-state index in [1.165, 1.54) is 0 Å². The molecule has 1 heterocycles. The maximum absolute atomic E-state index is 13.3. The number of alkyl halides is 2. The van der Waals surface area contributed by atoms with Gasteiger partial charge in [-0.3, -0.25) is 0 Å². The SMILES string of the molecule is Fc1cc(F)c2[nH]c(=S)n(CC(F)F)c2c1. The van der Waals surface area contributed by atoms with E-state index in [-0.39, 0.29) is 15.8 Å². The first-order chi connectivity index (χ1) is 7.49. The van der Waals surface area contributed by atoms with Crippen molar-refractivity contribution in [3.8, 4) is 0 Å². The van der Waals surface area contributed by atoms with Gasteiger partial charge in [-0.1, -0.05) is 0 Å². The molecule has 2 aromatic rings. The second-order valence-electron chi connectivity index (χ2n) is 3.21. The molecule has 2 rings (SSSR count). The van der Waals surface area contributed by atoms with Crippen LogP contribution in [0, 0.1) is 16.4 Å². The average molecular weight is 250 g/mol. The largest absolute Gasteiger partial charge is 0.328 e. The Balaban J connectivity index is 2.73. The lowest BCUT2D eigenvalue weighted by Gasteiger charge is -2.03. The van der Waals surface area contributed by atoms with E-state index in [4.69, 9.17) is 12.2 Å². The Bertz CT molecular complexity index is 587. The minimum absolute atomic E-state index is 0.00259. The van der Waals surface area contributed by atoms with E-state index in [0.717, 1.165) is 10.6 Å². The molecule has 1 aromatic heterocycles. The van der Waals surface area contributed by atoms with Gasteiger partial charge >= 0.3 is 0 Å². The van der Waals surface area contributed by atoms with E-state index in [0.29, 0.717) is 6.07 Å². The van der Waals surface area contributed by atoms with Crippen molar-refractivity contribution >= 4 is 23.3 Å². The van der Waals surface area contributed by atoms with Crippen LogP contribution >= 0.6 is 12.2 Å². The van der Waals surface area contributed by atoms with Crippen LogP contribution in [0.15, 0.2) is 12.1 Å². The topological polar surface area (TPSA) is 20.7 Å². The van der Waals surface area contributed by atoms with Crippen LogP contribution in [0.3, 0.4) is 0 Å². The number of H-pyrrole nitrogens is 1. The molecular weight excluding hydrogens is 244 g/mol. The molecule has 7 heteroatoms. The molecule has 0 radical (unpaired) electrons. The summed E-state index contributed by atoms with van der Waals surface area (Å²) in [6, 6.07) is 1.63. The predicted molar refractivity (Wildman–Crippen MR) is 53.0 cm³/mol. The molecule has 0 amide bonds. The van der Waals surface area contributed by atoms with E-state index in [2.05, 4.69) is 4.98 Å². The number of rotatable bonds is 2. The minimum atomic E-state index is -2.64. The van der Waals surface area contributed by atoms with E-state index in [1.54, 1.807) is 0 Å². The van der Waals surface area contributed by atoms with Crippen LogP contribution < -0.4 is 0 Å². The molecule has 2 nitrogen and oxygen atoms in total. The van der Waals surface area contributed by atoms with E-state index in [9.17, 15) is 17.6 Å². The zero-order valence-corrected chi connectivity index (χ0v) is 8.62. The van der Waals surface area contributed by atoms with Crippen molar-refractivity contribution in [2.75, 3.05) is 0 Å². The van der Waals surface area contributed by atoms with Crippen LogP contribution in [0.1, 0.15) is 0 Å². The molecule has 0 aliphatic carbocycles. The Hall–Kier alpha value is -1.37. The van der Waals surface area contributed by atoms with Gasteiger partial charge in [0, 0.05) is 6.07 Å². The van der Waals surface area contributed by atoms with Crippen molar-refractivity contribution in [2.24, 2.45) is 0 Å². The van der Waals surface area contributed by atoms with Gasteiger partial charge in [0.15, 0.2) is 10.6 Å². The molecule has 0 aliphatic heterocycles. The Morgan fingerprint density at radius 3 is 2.62 bits per heavy atom. The van der Waals surface area contributed by atoms with Crippen molar-refractivity contribution in [2.45, 2.75) is 13.0 Å². The number of fused-ring (bicyclic) bond motifs is 1. The summed E-state index contributed by atoms with van der Waals surface area (Å²) in [7, 11) is 0. The van der Waals surface area contributed by atoms with Gasteiger partial charge in [-0.25, -0.2) is 17.6 Å². The van der Waals surface area contributed by atoms with Gasteiger partial charge in [-0.05, 0) is 18.3 Å². The number of benzene rings is 1. The molecule has 0 fully saturated rings. The maximum atomic E-state index is 13.3. The summed E-state index contributed by atoms with van der Waals surface area (Å²) in [5.74, 6) is -1.68. The predicted octanol–water partition coefficient (Wildman–Crippen LogP) is 3.24. The third kappa shape index (κ3) is 1.82. The second-order valence-corrected chi connectivity index (χ2v) is 3.60. The number of nitrogens with one attached hydrogen (secondary N) is 1. The van der Waals surface area contributed by atoms with Crippen LogP contribution in [0.4, 0.5) is 17.6 Å². The molecule has 0 bridgehead atoms. The number of hydrogen-bond donors (Lipinski definition) is 1.